The van der Waals surface area contributed by atoms with E-state index in [0.717, 1.165) is 29.6 Å². The maximum Gasteiger partial charge on any atom is 0.405 e. The number of aromatic amines is 1. The van der Waals surface area contributed by atoms with E-state index in [1.54, 1.807) is 23.5 Å². The molecule has 3 aliphatic rings. The molecule has 2 aliphatic heterocycles. The first-order chi connectivity index (χ1) is 15.9. The van der Waals surface area contributed by atoms with Crippen molar-refractivity contribution in [2.75, 3.05) is 33.2 Å². The van der Waals surface area contributed by atoms with Gasteiger partial charge in [0, 0.05) is 44.1 Å². The van der Waals surface area contributed by atoms with Gasteiger partial charge in [-0.25, -0.2) is 0 Å². The number of hydrogen-bond donors (Lipinski definition) is 2. The largest absolute Gasteiger partial charge is 0.405 e. The van der Waals surface area contributed by atoms with E-state index < -0.39 is 12.7 Å². The van der Waals surface area contributed by atoms with Gasteiger partial charge in [0.2, 0.25) is 0 Å². The molecule has 4 rings (SSSR count). The summed E-state index contributed by atoms with van der Waals surface area (Å²) in [6, 6.07) is 0. The van der Waals surface area contributed by atoms with Crippen LogP contribution >= 0.6 is 0 Å². The van der Waals surface area contributed by atoms with Gasteiger partial charge in [-0.2, -0.15) is 13.2 Å². The molecule has 2 atom stereocenters. The molecule has 2 unspecified atom stereocenters. The molecule has 1 aromatic heterocycles. The second-order valence-electron chi connectivity index (χ2n) is 9.79. The average molecular weight is 477 g/mol. The highest BCUT2D eigenvalue weighted by Gasteiger charge is 2.62. The van der Waals surface area contributed by atoms with Gasteiger partial charge < -0.3 is 20.1 Å². The Labute approximate surface area is 197 Å². The molecule has 0 bridgehead atoms. The molecule has 0 radical (unpaired) electrons. The first-order valence-electron chi connectivity index (χ1n) is 11.6. The lowest BCUT2D eigenvalue weighted by molar-refractivity contribution is -0.138. The highest BCUT2D eigenvalue weighted by molar-refractivity contribution is 6.12. The number of hydrogen-bond acceptors (Lipinski definition) is 4. The Morgan fingerprint density at radius 3 is 2.79 bits per heavy atom. The summed E-state index contributed by atoms with van der Waals surface area (Å²) < 4.78 is 38.8. The summed E-state index contributed by atoms with van der Waals surface area (Å²) in [4.78, 5) is 32.2. The van der Waals surface area contributed by atoms with E-state index in [1.165, 1.54) is 11.9 Å². The summed E-state index contributed by atoms with van der Waals surface area (Å²) in [5.41, 5.74) is 3.82. The third kappa shape index (κ3) is 4.52. The van der Waals surface area contributed by atoms with Crippen LogP contribution in [0.5, 0.6) is 0 Å². The first kappa shape index (κ1) is 24.2. The third-order valence-corrected chi connectivity index (χ3v) is 7.12. The Bertz CT molecular complexity index is 1100. The Morgan fingerprint density at radius 2 is 2.12 bits per heavy atom. The number of amides is 1. The quantitative estimate of drug-likeness (QED) is 0.599. The Balaban J connectivity index is 1.60. The number of carbonyl (C=O) groups excluding carboxylic acids is 2. The molecule has 3 heterocycles. The van der Waals surface area contributed by atoms with Gasteiger partial charge >= 0.3 is 6.18 Å². The number of carbonyl (C=O) groups is 2. The normalized spacial score (nSPS) is 24.8. The van der Waals surface area contributed by atoms with Crippen molar-refractivity contribution in [2.45, 2.75) is 39.8 Å². The Kier molecular flexibility index (Phi) is 6.16. The van der Waals surface area contributed by atoms with Crippen LogP contribution in [0.15, 0.2) is 35.8 Å². The first-order valence-corrected chi connectivity index (χ1v) is 11.6. The minimum Gasteiger partial charge on any atom is -0.383 e. The van der Waals surface area contributed by atoms with Gasteiger partial charge in [0.15, 0.2) is 5.78 Å². The van der Waals surface area contributed by atoms with Crippen molar-refractivity contribution in [3.8, 4) is 0 Å². The van der Waals surface area contributed by atoms with Gasteiger partial charge in [-0.3, -0.25) is 9.59 Å². The molecular weight excluding hydrogens is 445 g/mol. The number of likely N-dealkylation sites (tertiary alicyclic amines) is 1. The van der Waals surface area contributed by atoms with Crippen LogP contribution < -0.4 is 5.32 Å². The molecule has 1 amide bonds. The zero-order chi connectivity index (χ0) is 24.8. The lowest BCUT2D eigenvalue weighted by atomic mass is 9.92. The summed E-state index contributed by atoms with van der Waals surface area (Å²) in [6.07, 6.45) is 4.26. The fourth-order valence-electron chi connectivity index (χ4n) is 5.15. The van der Waals surface area contributed by atoms with E-state index >= 15 is 0 Å². The summed E-state index contributed by atoms with van der Waals surface area (Å²) in [5, 5.41) is 2.95. The lowest BCUT2D eigenvalue weighted by Gasteiger charge is -2.24. The van der Waals surface area contributed by atoms with E-state index in [1.807, 2.05) is 26.8 Å². The van der Waals surface area contributed by atoms with E-state index in [9.17, 15) is 22.8 Å². The number of allylic oxidation sites excluding steroid dienone is 3. The van der Waals surface area contributed by atoms with Crippen LogP contribution in [0.2, 0.25) is 0 Å². The molecular formula is C25H31F3N4O2. The summed E-state index contributed by atoms with van der Waals surface area (Å²) in [5.74, 6) is -0.173. The molecule has 2 fully saturated rings. The van der Waals surface area contributed by atoms with Crippen LogP contribution in [0.4, 0.5) is 13.2 Å². The minimum atomic E-state index is -4.29. The molecule has 1 saturated heterocycles. The number of ketones is 1. The van der Waals surface area contributed by atoms with Crippen molar-refractivity contribution < 1.29 is 22.8 Å². The van der Waals surface area contributed by atoms with Gasteiger partial charge in [-0.05, 0) is 43.8 Å². The number of aromatic nitrogens is 1. The van der Waals surface area contributed by atoms with Crippen LogP contribution in [0.25, 0.3) is 5.57 Å². The second-order valence-corrected chi connectivity index (χ2v) is 9.79. The van der Waals surface area contributed by atoms with E-state index in [-0.39, 0.29) is 29.6 Å². The van der Waals surface area contributed by atoms with Crippen LogP contribution in [0.1, 0.15) is 60.0 Å². The summed E-state index contributed by atoms with van der Waals surface area (Å²) in [7, 11) is 1.43. The topological polar surface area (TPSA) is 68.4 Å². The highest BCUT2D eigenvalue weighted by atomic mass is 19.4. The number of nitrogens with one attached hydrogen (secondary N) is 2. The molecule has 9 heteroatoms. The minimum absolute atomic E-state index is 0.120. The molecule has 34 heavy (non-hydrogen) atoms. The summed E-state index contributed by atoms with van der Waals surface area (Å²) >= 11 is 0. The van der Waals surface area contributed by atoms with Crippen molar-refractivity contribution in [3.63, 3.8) is 0 Å². The van der Waals surface area contributed by atoms with Gasteiger partial charge in [-0.1, -0.05) is 18.6 Å². The van der Waals surface area contributed by atoms with Gasteiger partial charge in [0.05, 0.1) is 23.4 Å². The number of rotatable bonds is 6. The zero-order valence-corrected chi connectivity index (χ0v) is 20.0. The van der Waals surface area contributed by atoms with Crippen LogP contribution in [-0.2, 0) is 0 Å². The molecule has 1 aromatic rings. The predicted molar refractivity (Wildman–Crippen MR) is 124 cm³/mol. The monoisotopic (exact) mass is 476 g/mol. The SMILES string of the molecule is CC/C(C)=C\C(=C/N(C)CC(F)(F)F)C12CC1CN(C(=O)c1c[nH]c3c1C(=O)CNC=C3C)C2. The van der Waals surface area contributed by atoms with E-state index in [4.69, 9.17) is 0 Å². The average Bonchev–Trinajstić information content (AvgIpc) is 3.13. The lowest BCUT2D eigenvalue weighted by Crippen LogP contribution is -2.33. The van der Waals surface area contributed by atoms with Gasteiger partial charge in [-0.15, -0.1) is 0 Å². The molecule has 6 nitrogen and oxygen atoms in total. The fourth-order valence-corrected chi connectivity index (χ4v) is 5.15. The number of fused-ring (bicyclic) bond motifs is 2. The molecule has 1 saturated carbocycles. The molecule has 0 aromatic carbocycles. The van der Waals surface area contributed by atoms with E-state index in [0.29, 0.717) is 29.9 Å². The second kappa shape index (κ2) is 8.67. The standard InChI is InChI=1S/C25H31F3N4O2/c1-5-15(2)6-17(11-31(4)14-25(26,27)28)24-7-18(24)12-32(13-24)23(34)19-9-30-22-16(3)8-29-10-20(33)21(19)22/h6,8-9,11,18,29-30H,5,7,10,12-14H2,1-4H3/b15-6-,17-11+. The van der Waals surface area contributed by atoms with Crippen molar-refractivity contribution in [1.29, 1.82) is 0 Å². The van der Waals surface area contributed by atoms with Crippen molar-refractivity contribution in [2.24, 2.45) is 11.3 Å². The van der Waals surface area contributed by atoms with Gasteiger partial charge in [0.1, 0.15) is 6.54 Å². The molecule has 0 spiro atoms. The maximum absolute atomic E-state index is 13.5. The molecule has 1 aliphatic carbocycles. The Hall–Kier alpha value is -2.97. The van der Waals surface area contributed by atoms with Crippen LogP contribution in [0.3, 0.4) is 0 Å². The smallest absolute Gasteiger partial charge is 0.383 e. The highest BCUT2D eigenvalue weighted by Crippen LogP contribution is 2.63. The van der Waals surface area contributed by atoms with Crippen molar-refractivity contribution in [1.82, 2.24) is 20.1 Å². The number of piperidine rings is 1. The zero-order valence-electron chi connectivity index (χ0n) is 20.0. The number of nitrogens with zero attached hydrogens (tertiary/aromatic N) is 2. The maximum atomic E-state index is 13.5. The molecule has 2 N–H and O–H groups in total. The number of halogens is 3. The number of H-pyrrole nitrogens is 1. The third-order valence-electron chi connectivity index (χ3n) is 7.12. The fraction of sp³-hybridized carbons (Fsp3) is 0.520. The number of alkyl halides is 3. The Morgan fingerprint density at radius 1 is 1.38 bits per heavy atom. The predicted octanol–water partition coefficient (Wildman–Crippen LogP) is 4.36. The summed E-state index contributed by atoms with van der Waals surface area (Å²) in [6.45, 7) is 5.89. The van der Waals surface area contributed by atoms with Crippen LogP contribution in [0, 0.1) is 11.3 Å². The van der Waals surface area contributed by atoms with E-state index in [2.05, 4.69) is 10.3 Å². The van der Waals surface area contributed by atoms with Crippen molar-refractivity contribution in [3.05, 3.63) is 52.6 Å². The number of Topliss-reactive ketones (excluding diaryl/α,β-unsaturated/α-hetero) is 1. The molecule has 184 valence electrons. The van der Waals surface area contributed by atoms with Gasteiger partial charge in [0.25, 0.3) is 5.91 Å². The van der Waals surface area contributed by atoms with Crippen LogP contribution in [-0.4, -0.2) is 65.9 Å². The van der Waals surface area contributed by atoms with Crippen molar-refractivity contribution >= 4 is 17.3 Å².